The predicted octanol–water partition coefficient (Wildman–Crippen LogP) is 0.530. The van der Waals surface area contributed by atoms with Crippen LogP contribution in [-0.2, 0) is 14.3 Å². The molecule has 0 saturated carbocycles. The molecular formula is C10H14N2O3. The molecule has 0 saturated heterocycles. The Morgan fingerprint density at radius 3 is 2.67 bits per heavy atom. The van der Waals surface area contributed by atoms with Crippen LogP contribution in [0.2, 0.25) is 0 Å². The van der Waals surface area contributed by atoms with Crippen molar-refractivity contribution in [3.63, 3.8) is 0 Å². The molecule has 0 aliphatic heterocycles. The highest BCUT2D eigenvalue weighted by molar-refractivity contribution is 5.88. The third kappa shape index (κ3) is 4.81. The number of hydrogen-bond donors (Lipinski definition) is 1. The Morgan fingerprint density at radius 2 is 2.20 bits per heavy atom. The summed E-state index contributed by atoms with van der Waals surface area (Å²) in [6, 6.07) is 0. The van der Waals surface area contributed by atoms with Crippen molar-refractivity contribution in [1.29, 1.82) is 0 Å². The van der Waals surface area contributed by atoms with Gasteiger partial charge >= 0.3 is 11.9 Å². The molecule has 5 nitrogen and oxygen atoms in total. The summed E-state index contributed by atoms with van der Waals surface area (Å²) < 4.78 is 4.79. The number of amides is 1. The van der Waals surface area contributed by atoms with E-state index in [4.69, 9.17) is 11.3 Å². The molecule has 0 spiro atoms. The number of rotatable bonds is 5. The fourth-order valence-electron chi connectivity index (χ4n) is 0.826. The number of hydrogen-bond acceptors (Lipinski definition) is 3. The molecule has 1 N–H and O–H groups in total. The number of ether oxygens (including phenoxy) is 1. The highest BCUT2D eigenvalue weighted by Gasteiger charge is 2.31. The summed E-state index contributed by atoms with van der Waals surface area (Å²) in [4.78, 5) is 25.4. The zero-order chi connectivity index (χ0) is 11.9. The highest BCUT2D eigenvalue weighted by Crippen LogP contribution is 2.05. The normalized spacial score (nSPS) is 9.93. The van der Waals surface area contributed by atoms with Gasteiger partial charge in [-0.1, -0.05) is 12.7 Å². The first-order valence-electron chi connectivity index (χ1n) is 4.36. The molecule has 82 valence electrons. The average Bonchev–Trinajstić information content (AvgIpc) is 2.13. The molecule has 0 heterocycles. The van der Waals surface area contributed by atoms with Crippen LogP contribution in [-0.4, -0.2) is 30.6 Å². The Bertz CT molecular complexity index is 302. The maximum Gasteiger partial charge on any atom is 0.331 e. The zero-order valence-corrected chi connectivity index (χ0v) is 8.87. The molecule has 1 amide bonds. The van der Waals surface area contributed by atoms with Crippen LogP contribution >= 0.6 is 0 Å². The zero-order valence-electron chi connectivity index (χ0n) is 8.87. The van der Waals surface area contributed by atoms with Crippen molar-refractivity contribution in [3.8, 4) is 0 Å². The van der Waals surface area contributed by atoms with E-state index in [1.807, 2.05) is 0 Å². The Labute approximate surface area is 88.9 Å². The van der Waals surface area contributed by atoms with Crippen molar-refractivity contribution in [2.75, 3.05) is 13.2 Å². The first-order valence-corrected chi connectivity index (χ1v) is 4.36. The van der Waals surface area contributed by atoms with Gasteiger partial charge in [-0.25, -0.2) is 11.4 Å². The third-order valence-corrected chi connectivity index (χ3v) is 1.52. The quantitative estimate of drug-likeness (QED) is 0.409. The monoisotopic (exact) mass is 210 g/mol. The molecule has 0 bridgehead atoms. The molecule has 0 unspecified atom stereocenters. The van der Waals surface area contributed by atoms with Gasteiger partial charge in [-0.2, -0.15) is 0 Å². The van der Waals surface area contributed by atoms with E-state index in [-0.39, 0.29) is 13.2 Å². The Balaban J connectivity index is 4.28. The van der Waals surface area contributed by atoms with E-state index < -0.39 is 17.4 Å². The molecular weight excluding hydrogens is 196 g/mol. The highest BCUT2D eigenvalue weighted by atomic mass is 16.5. The van der Waals surface area contributed by atoms with E-state index in [2.05, 4.69) is 16.7 Å². The molecule has 0 aliphatic carbocycles. The second-order valence-electron chi connectivity index (χ2n) is 3.38. The molecule has 0 aromatic heterocycles. The Kier molecular flexibility index (Phi) is 5.10. The molecule has 5 heteroatoms. The predicted molar refractivity (Wildman–Crippen MR) is 54.8 cm³/mol. The smallest absolute Gasteiger partial charge is 0.331 e. The van der Waals surface area contributed by atoms with Gasteiger partial charge < -0.3 is 14.9 Å². The number of carbonyl (C=O) groups excluding carboxylic acids is 2. The summed E-state index contributed by atoms with van der Waals surface area (Å²) in [5.41, 5.74) is -1.12. The minimum atomic E-state index is -1.12. The summed E-state index contributed by atoms with van der Waals surface area (Å²) in [5, 5.41) is 2.40. The van der Waals surface area contributed by atoms with Gasteiger partial charge in [0.15, 0.2) is 0 Å². The summed E-state index contributed by atoms with van der Waals surface area (Å²) in [5.74, 6) is -1.05. The average molecular weight is 210 g/mol. The van der Waals surface area contributed by atoms with Gasteiger partial charge in [0.1, 0.15) is 12.1 Å². The van der Waals surface area contributed by atoms with Crippen molar-refractivity contribution < 1.29 is 14.3 Å². The summed E-state index contributed by atoms with van der Waals surface area (Å²) >= 11 is 0. The van der Waals surface area contributed by atoms with Crippen LogP contribution in [0.25, 0.3) is 4.85 Å². The molecule has 0 radical (unpaired) electrons. The maximum atomic E-state index is 11.4. The van der Waals surface area contributed by atoms with Crippen LogP contribution < -0.4 is 5.32 Å². The Hall–Kier alpha value is -1.83. The lowest BCUT2D eigenvalue weighted by atomic mass is 10.1. The van der Waals surface area contributed by atoms with E-state index in [0.717, 1.165) is 0 Å². The molecule has 0 aliphatic rings. The van der Waals surface area contributed by atoms with E-state index in [0.29, 0.717) is 0 Å². The van der Waals surface area contributed by atoms with Crippen LogP contribution in [0.3, 0.4) is 0 Å². The van der Waals surface area contributed by atoms with Crippen LogP contribution in [0, 0.1) is 6.57 Å². The number of esters is 1. The van der Waals surface area contributed by atoms with Gasteiger partial charge in [-0.3, -0.25) is 4.79 Å². The third-order valence-electron chi connectivity index (χ3n) is 1.52. The maximum absolute atomic E-state index is 11.4. The molecule has 0 fully saturated rings. The second kappa shape index (κ2) is 5.81. The van der Waals surface area contributed by atoms with Crippen molar-refractivity contribution in [2.45, 2.75) is 19.4 Å². The first-order chi connectivity index (χ1) is 6.94. The van der Waals surface area contributed by atoms with Gasteiger partial charge in [0.05, 0.1) is 0 Å². The summed E-state index contributed by atoms with van der Waals surface area (Å²) in [7, 11) is 0. The van der Waals surface area contributed by atoms with E-state index in [9.17, 15) is 9.59 Å². The lowest BCUT2D eigenvalue weighted by molar-refractivity contribution is -0.150. The van der Waals surface area contributed by atoms with Crippen molar-refractivity contribution in [1.82, 2.24) is 5.32 Å². The standard InChI is InChI=1S/C10H14N2O3/c1-5-6-15-9(14)10(2,3)12-8(13)7-11-4/h5H,1,6-7H2,2-3H3,(H,12,13). The first kappa shape index (κ1) is 13.2. The Morgan fingerprint density at radius 1 is 1.60 bits per heavy atom. The van der Waals surface area contributed by atoms with Crippen molar-refractivity contribution in [3.05, 3.63) is 24.1 Å². The van der Waals surface area contributed by atoms with Crippen molar-refractivity contribution in [2.24, 2.45) is 0 Å². The minimum absolute atomic E-state index is 0.0982. The second-order valence-corrected chi connectivity index (χ2v) is 3.38. The lowest BCUT2D eigenvalue weighted by Crippen LogP contribution is -2.51. The van der Waals surface area contributed by atoms with Gasteiger partial charge in [0.25, 0.3) is 6.54 Å². The molecule has 0 atom stereocenters. The van der Waals surface area contributed by atoms with Crippen LogP contribution in [0.4, 0.5) is 0 Å². The van der Waals surface area contributed by atoms with E-state index in [1.165, 1.54) is 19.9 Å². The van der Waals surface area contributed by atoms with Crippen molar-refractivity contribution >= 4 is 11.9 Å². The van der Waals surface area contributed by atoms with Gasteiger partial charge in [-0.05, 0) is 13.8 Å². The molecule has 0 rings (SSSR count). The summed E-state index contributed by atoms with van der Waals surface area (Å²) in [6.45, 7) is 12.7. The summed E-state index contributed by atoms with van der Waals surface area (Å²) in [6.07, 6.45) is 1.44. The molecule has 0 aromatic carbocycles. The lowest BCUT2D eigenvalue weighted by Gasteiger charge is -2.22. The fourth-order valence-corrected chi connectivity index (χ4v) is 0.826. The largest absolute Gasteiger partial charge is 0.460 e. The number of nitrogens with zero attached hydrogens (tertiary/aromatic N) is 1. The van der Waals surface area contributed by atoms with Crippen LogP contribution in [0.15, 0.2) is 12.7 Å². The topological polar surface area (TPSA) is 59.8 Å². The van der Waals surface area contributed by atoms with Crippen LogP contribution in [0.1, 0.15) is 13.8 Å². The van der Waals surface area contributed by atoms with Gasteiger partial charge in [-0.15, -0.1) is 0 Å². The van der Waals surface area contributed by atoms with Crippen LogP contribution in [0.5, 0.6) is 0 Å². The van der Waals surface area contributed by atoms with E-state index in [1.54, 1.807) is 0 Å². The molecule has 15 heavy (non-hydrogen) atoms. The van der Waals surface area contributed by atoms with Gasteiger partial charge in [0, 0.05) is 0 Å². The van der Waals surface area contributed by atoms with Gasteiger partial charge in [0.2, 0.25) is 0 Å². The van der Waals surface area contributed by atoms with E-state index >= 15 is 0 Å². The minimum Gasteiger partial charge on any atom is -0.460 e. The number of nitrogens with one attached hydrogen (secondary N) is 1. The SMILES string of the molecule is [C-]#[N+]CC(=O)NC(C)(C)C(=O)OCC=C. The number of carbonyl (C=O) groups is 2. The fraction of sp³-hybridized carbons (Fsp3) is 0.500. The molecule has 0 aromatic rings.